The minimum absolute atomic E-state index is 0.0204. The van der Waals surface area contributed by atoms with Crippen molar-refractivity contribution in [3.05, 3.63) is 71.8 Å². The van der Waals surface area contributed by atoms with E-state index in [0.717, 1.165) is 23.4 Å². The van der Waals surface area contributed by atoms with E-state index in [-0.39, 0.29) is 12.1 Å². The van der Waals surface area contributed by atoms with E-state index in [1.807, 2.05) is 11.8 Å². The molecule has 0 aliphatic carbocycles. The Kier molecular flexibility index (Phi) is 4.86. The van der Waals surface area contributed by atoms with E-state index in [1.54, 1.807) is 6.20 Å². The summed E-state index contributed by atoms with van der Waals surface area (Å²) in [6.45, 7) is 2.98. The van der Waals surface area contributed by atoms with E-state index >= 15 is 0 Å². The molecule has 0 bridgehead atoms. The van der Waals surface area contributed by atoms with Crippen LogP contribution in [0.25, 0.3) is 0 Å². The maximum absolute atomic E-state index is 14.7. The number of halogens is 2. The number of rotatable bonds is 5. The van der Waals surface area contributed by atoms with Gasteiger partial charge in [-0.1, -0.05) is 6.07 Å². The van der Waals surface area contributed by atoms with Crippen molar-refractivity contribution in [1.82, 2.24) is 29.6 Å². The van der Waals surface area contributed by atoms with Crippen molar-refractivity contribution < 1.29 is 13.9 Å². The van der Waals surface area contributed by atoms with Crippen LogP contribution in [-0.4, -0.2) is 47.3 Å². The summed E-state index contributed by atoms with van der Waals surface area (Å²) in [5, 5.41) is 15.7. The van der Waals surface area contributed by atoms with Crippen LogP contribution in [0.4, 0.5) is 8.78 Å². The molecule has 28 heavy (non-hydrogen) atoms. The highest BCUT2D eigenvalue weighted by Gasteiger charge is 2.42. The highest BCUT2D eigenvalue weighted by Crippen LogP contribution is 2.34. The molecular weight excluding hydrogens is 366 g/mol. The van der Waals surface area contributed by atoms with E-state index in [0.29, 0.717) is 19.5 Å². The maximum atomic E-state index is 14.7. The molecule has 0 spiro atoms. The van der Waals surface area contributed by atoms with Gasteiger partial charge >= 0.3 is 0 Å². The van der Waals surface area contributed by atoms with Crippen LogP contribution < -0.4 is 0 Å². The standard InChI is InChI=1S/C19H20F2N6O/c1-13(26-5-4-18-14(8-26)7-22-10-24-18)19(28,9-27-12-23-11-25-27)16-3-2-15(20)6-17(16)21/h2-3,6-7,10-13,28H,4-5,8-9H2,1H3/t13-,19-/m1/s1. The Bertz CT molecular complexity index is 967. The van der Waals surface area contributed by atoms with Crippen LogP contribution in [0.15, 0.2) is 43.4 Å². The lowest BCUT2D eigenvalue weighted by Gasteiger charge is -2.43. The van der Waals surface area contributed by atoms with Gasteiger partial charge in [-0.3, -0.25) is 4.90 Å². The minimum atomic E-state index is -1.65. The van der Waals surface area contributed by atoms with E-state index in [4.69, 9.17) is 0 Å². The molecule has 146 valence electrons. The fraction of sp³-hybridized carbons (Fsp3) is 0.368. The molecule has 1 aliphatic rings. The first kappa shape index (κ1) is 18.6. The average Bonchev–Trinajstić information content (AvgIpc) is 3.19. The smallest absolute Gasteiger partial charge is 0.137 e. The van der Waals surface area contributed by atoms with Crippen LogP contribution in [0.5, 0.6) is 0 Å². The number of benzene rings is 1. The van der Waals surface area contributed by atoms with Crippen LogP contribution in [0.1, 0.15) is 23.7 Å². The molecule has 1 aromatic carbocycles. The monoisotopic (exact) mass is 386 g/mol. The van der Waals surface area contributed by atoms with Crippen molar-refractivity contribution >= 4 is 0 Å². The van der Waals surface area contributed by atoms with Crippen molar-refractivity contribution in [2.45, 2.75) is 38.1 Å². The summed E-state index contributed by atoms with van der Waals surface area (Å²) in [5.74, 6) is -1.49. The second kappa shape index (κ2) is 7.33. The summed E-state index contributed by atoms with van der Waals surface area (Å²) < 4.78 is 29.6. The Morgan fingerprint density at radius 1 is 1.25 bits per heavy atom. The van der Waals surface area contributed by atoms with Gasteiger partial charge < -0.3 is 5.11 Å². The van der Waals surface area contributed by atoms with Crippen molar-refractivity contribution in [2.75, 3.05) is 6.54 Å². The van der Waals surface area contributed by atoms with Crippen LogP contribution in [0.3, 0.4) is 0 Å². The molecule has 0 amide bonds. The van der Waals surface area contributed by atoms with Crippen LogP contribution in [0.2, 0.25) is 0 Å². The highest BCUT2D eigenvalue weighted by molar-refractivity contribution is 5.28. The molecule has 0 saturated carbocycles. The Morgan fingerprint density at radius 2 is 2.11 bits per heavy atom. The summed E-state index contributed by atoms with van der Waals surface area (Å²) in [6.07, 6.45) is 6.79. The molecule has 2 aromatic heterocycles. The maximum Gasteiger partial charge on any atom is 0.137 e. The fourth-order valence-electron chi connectivity index (χ4n) is 3.77. The molecule has 1 aliphatic heterocycles. The highest BCUT2D eigenvalue weighted by atomic mass is 19.1. The SMILES string of the molecule is C[C@@H](N1CCc2ncncc2C1)[C@](O)(Cn1cncn1)c1ccc(F)cc1F. The first-order valence-electron chi connectivity index (χ1n) is 8.99. The molecule has 0 unspecified atom stereocenters. The summed E-state index contributed by atoms with van der Waals surface area (Å²) in [5.41, 5.74) is 0.319. The molecule has 4 rings (SSSR count). The number of fused-ring (bicyclic) bond motifs is 1. The van der Waals surface area contributed by atoms with Crippen molar-refractivity contribution in [2.24, 2.45) is 0 Å². The zero-order valence-electron chi connectivity index (χ0n) is 15.3. The Labute approximate surface area is 160 Å². The number of aliphatic hydroxyl groups is 1. The van der Waals surface area contributed by atoms with Gasteiger partial charge in [-0.25, -0.2) is 28.4 Å². The van der Waals surface area contributed by atoms with Crippen LogP contribution in [-0.2, 0) is 25.1 Å². The fourth-order valence-corrected chi connectivity index (χ4v) is 3.77. The van der Waals surface area contributed by atoms with Crippen LogP contribution in [0, 0.1) is 11.6 Å². The summed E-state index contributed by atoms with van der Waals surface area (Å²) in [7, 11) is 0. The number of hydrogen-bond acceptors (Lipinski definition) is 6. The van der Waals surface area contributed by atoms with Crippen LogP contribution >= 0.6 is 0 Å². The molecule has 1 N–H and O–H groups in total. The van der Waals surface area contributed by atoms with E-state index in [1.165, 1.54) is 29.7 Å². The van der Waals surface area contributed by atoms with Gasteiger partial charge in [-0.15, -0.1) is 0 Å². The number of aromatic nitrogens is 5. The first-order valence-corrected chi connectivity index (χ1v) is 8.99. The predicted molar refractivity (Wildman–Crippen MR) is 95.9 cm³/mol. The first-order chi connectivity index (χ1) is 13.5. The second-order valence-corrected chi connectivity index (χ2v) is 7.03. The lowest BCUT2D eigenvalue weighted by Crippen LogP contribution is -2.53. The van der Waals surface area contributed by atoms with E-state index < -0.39 is 23.3 Å². The second-order valence-electron chi connectivity index (χ2n) is 7.03. The summed E-state index contributed by atoms with van der Waals surface area (Å²) in [6, 6.07) is 2.73. The predicted octanol–water partition coefficient (Wildman–Crippen LogP) is 1.68. The summed E-state index contributed by atoms with van der Waals surface area (Å²) in [4.78, 5) is 14.3. The van der Waals surface area contributed by atoms with Gasteiger partial charge in [0.1, 0.15) is 36.2 Å². The third kappa shape index (κ3) is 3.38. The van der Waals surface area contributed by atoms with Gasteiger partial charge in [0.2, 0.25) is 0 Å². The average molecular weight is 386 g/mol. The quantitative estimate of drug-likeness (QED) is 0.719. The topological polar surface area (TPSA) is 80.0 Å². The molecule has 9 heteroatoms. The number of nitrogens with zero attached hydrogens (tertiary/aromatic N) is 6. The Hall–Kier alpha value is -2.78. The van der Waals surface area contributed by atoms with Gasteiger partial charge in [0.05, 0.1) is 6.54 Å². The Morgan fingerprint density at radius 3 is 2.86 bits per heavy atom. The largest absolute Gasteiger partial charge is 0.381 e. The Balaban J connectivity index is 1.70. The molecule has 0 saturated heterocycles. The van der Waals surface area contributed by atoms with E-state index in [2.05, 4.69) is 20.1 Å². The number of hydrogen-bond donors (Lipinski definition) is 1. The molecule has 2 atom stereocenters. The van der Waals surface area contributed by atoms with Crippen molar-refractivity contribution in [3.63, 3.8) is 0 Å². The lowest BCUT2D eigenvalue weighted by molar-refractivity contribution is -0.0679. The molecule has 0 fully saturated rings. The zero-order chi connectivity index (χ0) is 19.7. The van der Waals surface area contributed by atoms with Gasteiger partial charge in [0.15, 0.2) is 0 Å². The minimum Gasteiger partial charge on any atom is -0.381 e. The third-order valence-electron chi connectivity index (χ3n) is 5.40. The normalized spacial score (nSPS) is 17.7. The molecule has 3 aromatic rings. The van der Waals surface area contributed by atoms with Gasteiger partial charge in [0.25, 0.3) is 0 Å². The summed E-state index contributed by atoms with van der Waals surface area (Å²) >= 11 is 0. The van der Waals surface area contributed by atoms with Gasteiger partial charge in [-0.2, -0.15) is 5.10 Å². The van der Waals surface area contributed by atoms with Gasteiger partial charge in [-0.05, 0) is 13.0 Å². The molecule has 7 nitrogen and oxygen atoms in total. The zero-order valence-corrected chi connectivity index (χ0v) is 15.3. The molecule has 3 heterocycles. The van der Waals surface area contributed by atoms with Crippen molar-refractivity contribution in [3.8, 4) is 0 Å². The third-order valence-corrected chi connectivity index (χ3v) is 5.40. The van der Waals surface area contributed by atoms with Crippen molar-refractivity contribution in [1.29, 1.82) is 0 Å². The molecular formula is C19H20F2N6O. The van der Waals surface area contributed by atoms with Gasteiger partial charge in [0, 0.05) is 54.6 Å². The lowest BCUT2D eigenvalue weighted by atomic mass is 9.84. The molecule has 0 radical (unpaired) electrons. The van der Waals surface area contributed by atoms with E-state index in [9.17, 15) is 13.9 Å².